The van der Waals surface area contributed by atoms with Crippen LogP contribution in [0.2, 0.25) is 5.02 Å². The molecule has 0 aliphatic heterocycles. The Morgan fingerprint density at radius 2 is 2.16 bits per heavy atom. The Bertz CT molecular complexity index is 757. The molecule has 0 saturated heterocycles. The molecule has 0 aliphatic rings. The van der Waals surface area contributed by atoms with E-state index in [0.29, 0.717) is 20.8 Å². The number of nitrogens with one attached hydrogen (secondary N) is 1. The van der Waals surface area contributed by atoms with E-state index in [2.05, 4.69) is 15.5 Å². The smallest absolute Gasteiger partial charge is 0.306 e. The van der Waals surface area contributed by atoms with Gasteiger partial charge in [0, 0.05) is 12.2 Å². The summed E-state index contributed by atoms with van der Waals surface area (Å²) < 4.78 is 19.1. The number of hydrogen-bond donors (Lipinski definition) is 1. The van der Waals surface area contributed by atoms with Gasteiger partial charge in [-0.25, -0.2) is 4.39 Å². The van der Waals surface area contributed by atoms with Crippen LogP contribution in [0.1, 0.15) is 25.3 Å². The number of esters is 1. The number of amides is 1. The molecule has 1 aromatic carbocycles. The van der Waals surface area contributed by atoms with E-state index in [9.17, 15) is 14.0 Å². The molecule has 2 rings (SSSR count). The second-order valence-electron chi connectivity index (χ2n) is 4.73. The third-order valence-corrected chi connectivity index (χ3v) is 5.21. The molecule has 1 heterocycles. The summed E-state index contributed by atoms with van der Waals surface area (Å²) in [6, 6.07) is 4.81. The molecule has 0 fully saturated rings. The van der Waals surface area contributed by atoms with Crippen LogP contribution >= 0.6 is 34.7 Å². The first-order chi connectivity index (χ1) is 12.0. The van der Waals surface area contributed by atoms with Gasteiger partial charge in [-0.2, -0.15) is 0 Å². The zero-order valence-electron chi connectivity index (χ0n) is 13.3. The second kappa shape index (κ2) is 9.69. The second-order valence-corrected chi connectivity index (χ2v) is 7.34. The largest absolute Gasteiger partial charge is 0.466 e. The molecule has 1 N–H and O–H groups in total. The third kappa shape index (κ3) is 6.26. The quantitative estimate of drug-likeness (QED) is 0.409. The lowest BCUT2D eigenvalue weighted by Gasteiger charge is -2.02. The Labute approximate surface area is 157 Å². The summed E-state index contributed by atoms with van der Waals surface area (Å²) in [5.74, 6) is -0.873. The van der Waals surface area contributed by atoms with Gasteiger partial charge in [-0.15, -0.1) is 10.2 Å². The predicted octanol–water partition coefficient (Wildman–Crippen LogP) is 3.90. The minimum Gasteiger partial charge on any atom is -0.466 e. The molecule has 0 spiro atoms. The van der Waals surface area contributed by atoms with E-state index in [-0.39, 0.29) is 30.4 Å². The first-order valence-corrected chi connectivity index (χ1v) is 9.52. The van der Waals surface area contributed by atoms with Gasteiger partial charge in [-0.3, -0.25) is 9.59 Å². The molecule has 134 valence electrons. The van der Waals surface area contributed by atoms with E-state index in [1.54, 1.807) is 19.1 Å². The topological polar surface area (TPSA) is 81.2 Å². The SMILES string of the molecule is CCOC(=O)CCC(=O)Nc1nnc(SCc2cccc(Cl)c2F)s1. The fourth-order valence-electron chi connectivity index (χ4n) is 1.75. The molecule has 6 nitrogen and oxygen atoms in total. The summed E-state index contributed by atoms with van der Waals surface area (Å²) in [7, 11) is 0. The van der Waals surface area contributed by atoms with Crippen molar-refractivity contribution in [3.8, 4) is 0 Å². The molecule has 0 saturated carbocycles. The van der Waals surface area contributed by atoms with Crippen molar-refractivity contribution in [1.82, 2.24) is 10.2 Å². The highest BCUT2D eigenvalue weighted by atomic mass is 35.5. The van der Waals surface area contributed by atoms with Gasteiger partial charge in [0.1, 0.15) is 5.82 Å². The summed E-state index contributed by atoms with van der Waals surface area (Å²) in [5.41, 5.74) is 0.465. The predicted molar refractivity (Wildman–Crippen MR) is 95.4 cm³/mol. The maximum atomic E-state index is 13.8. The van der Waals surface area contributed by atoms with Gasteiger partial charge < -0.3 is 10.1 Å². The number of thioether (sulfide) groups is 1. The van der Waals surface area contributed by atoms with Gasteiger partial charge in [-0.1, -0.05) is 46.8 Å². The number of nitrogens with zero attached hydrogens (tertiary/aromatic N) is 2. The van der Waals surface area contributed by atoms with Crippen LogP contribution in [0, 0.1) is 5.82 Å². The molecule has 25 heavy (non-hydrogen) atoms. The number of carbonyl (C=O) groups is 2. The highest BCUT2D eigenvalue weighted by Gasteiger charge is 2.12. The summed E-state index contributed by atoms with van der Waals surface area (Å²) in [4.78, 5) is 22.9. The lowest BCUT2D eigenvalue weighted by atomic mass is 10.2. The van der Waals surface area contributed by atoms with Crippen molar-refractivity contribution in [2.24, 2.45) is 0 Å². The molecule has 0 radical (unpaired) electrons. The molecule has 2 aromatic rings. The van der Waals surface area contributed by atoms with Crippen LogP contribution in [0.5, 0.6) is 0 Å². The molecule has 10 heteroatoms. The first-order valence-electron chi connectivity index (χ1n) is 7.34. The molecule has 0 bridgehead atoms. The lowest BCUT2D eigenvalue weighted by Crippen LogP contribution is -2.14. The van der Waals surface area contributed by atoms with Crippen LogP contribution in [-0.4, -0.2) is 28.7 Å². The third-order valence-electron chi connectivity index (χ3n) is 2.90. The summed E-state index contributed by atoms with van der Waals surface area (Å²) >= 11 is 8.20. The number of anilines is 1. The molecule has 0 aliphatic carbocycles. The monoisotopic (exact) mass is 403 g/mol. The molecule has 0 atom stereocenters. The van der Waals surface area contributed by atoms with Gasteiger partial charge in [0.25, 0.3) is 0 Å². The highest BCUT2D eigenvalue weighted by Crippen LogP contribution is 2.30. The van der Waals surface area contributed by atoms with Crippen LogP contribution in [0.4, 0.5) is 9.52 Å². The number of carbonyl (C=O) groups excluding carboxylic acids is 2. The Kier molecular flexibility index (Phi) is 7.60. The average molecular weight is 404 g/mol. The van der Waals surface area contributed by atoms with Crippen LogP contribution in [-0.2, 0) is 20.1 Å². The van der Waals surface area contributed by atoms with Gasteiger partial charge in [0.2, 0.25) is 11.0 Å². The Morgan fingerprint density at radius 1 is 1.36 bits per heavy atom. The molecular weight excluding hydrogens is 389 g/mol. The minimum absolute atomic E-state index is 0.00806. The lowest BCUT2D eigenvalue weighted by molar-refractivity contribution is -0.144. The van der Waals surface area contributed by atoms with Crippen LogP contribution in [0.15, 0.2) is 22.5 Å². The van der Waals surface area contributed by atoms with Crippen molar-refractivity contribution in [3.05, 3.63) is 34.6 Å². The van der Waals surface area contributed by atoms with Crippen molar-refractivity contribution in [2.75, 3.05) is 11.9 Å². The standard InChI is InChI=1S/C15H15ClFN3O3S2/c1-2-23-12(22)7-6-11(21)18-14-19-20-15(25-14)24-8-9-4-3-5-10(16)13(9)17/h3-5H,2,6-8H2,1H3,(H,18,19,21). The number of hydrogen-bond acceptors (Lipinski definition) is 7. The highest BCUT2D eigenvalue weighted by molar-refractivity contribution is 8.00. The van der Waals surface area contributed by atoms with Crippen LogP contribution < -0.4 is 5.32 Å². The van der Waals surface area contributed by atoms with Crippen molar-refractivity contribution in [3.63, 3.8) is 0 Å². The van der Waals surface area contributed by atoms with E-state index in [0.717, 1.165) is 0 Å². The Balaban J connectivity index is 1.82. The number of benzene rings is 1. The van der Waals surface area contributed by atoms with Crippen LogP contribution in [0.25, 0.3) is 0 Å². The van der Waals surface area contributed by atoms with E-state index in [4.69, 9.17) is 16.3 Å². The Hall–Kier alpha value is -1.71. The van der Waals surface area contributed by atoms with E-state index < -0.39 is 11.8 Å². The Morgan fingerprint density at radius 3 is 2.92 bits per heavy atom. The number of rotatable bonds is 8. The normalized spacial score (nSPS) is 10.5. The number of halogens is 2. The van der Waals surface area contributed by atoms with Crippen molar-refractivity contribution in [2.45, 2.75) is 29.9 Å². The van der Waals surface area contributed by atoms with E-state index in [1.807, 2.05) is 0 Å². The summed E-state index contributed by atoms with van der Waals surface area (Å²) in [5, 5.41) is 10.7. The van der Waals surface area contributed by atoms with Gasteiger partial charge in [-0.05, 0) is 18.6 Å². The maximum Gasteiger partial charge on any atom is 0.306 e. The fraction of sp³-hybridized carbons (Fsp3) is 0.333. The molecule has 1 amide bonds. The maximum absolute atomic E-state index is 13.8. The molecule has 0 unspecified atom stereocenters. The van der Waals surface area contributed by atoms with Crippen molar-refractivity contribution < 1.29 is 18.7 Å². The first kappa shape index (κ1) is 19.6. The van der Waals surface area contributed by atoms with Gasteiger partial charge in [0.05, 0.1) is 18.1 Å². The van der Waals surface area contributed by atoms with Gasteiger partial charge in [0.15, 0.2) is 4.34 Å². The van der Waals surface area contributed by atoms with Gasteiger partial charge >= 0.3 is 5.97 Å². The van der Waals surface area contributed by atoms with Crippen molar-refractivity contribution >= 4 is 51.7 Å². The van der Waals surface area contributed by atoms with E-state index >= 15 is 0 Å². The number of ether oxygens (including phenoxy) is 1. The summed E-state index contributed by atoms with van der Waals surface area (Å²) in [6.07, 6.45) is 0.0166. The average Bonchev–Trinajstić information content (AvgIpc) is 3.02. The number of aromatic nitrogens is 2. The van der Waals surface area contributed by atoms with Crippen molar-refractivity contribution in [1.29, 1.82) is 0 Å². The minimum atomic E-state index is -0.450. The molecular formula is C15H15ClFN3O3S2. The zero-order valence-corrected chi connectivity index (χ0v) is 15.6. The fourth-order valence-corrected chi connectivity index (χ4v) is 3.69. The van der Waals surface area contributed by atoms with E-state index in [1.165, 1.54) is 29.2 Å². The molecule has 1 aromatic heterocycles. The summed E-state index contributed by atoms with van der Waals surface area (Å²) in [6.45, 7) is 1.98. The van der Waals surface area contributed by atoms with Crippen LogP contribution in [0.3, 0.4) is 0 Å². The zero-order chi connectivity index (χ0) is 18.2.